The summed E-state index contributed by atoms with van der Waals surface area (Å²) in [4.78, 5) is 21.6. The summed E-state index contributed by atoms with van der Waals surface area (Å²) in [7, 11) is 0. The van der Waals surface area contributed by atoms with Crippen molar-refractivity contribution in [2.45, 2.75) is 24.4 Å². The fraction of sp³-hybridized carbons (Fsp3) is 0.389. The number of hydrogen-bond acceptors (Lipinski definition) is 5. The molecule has 1 aromatic carbocycles. The van der Waals surface area contributed by atoms with Crippen LogP contribution in [0.25, 0.3) is 0 Å². The lowest BCUT2D eigenvalue weighted by Crippen LogP contribution is -2.24. The molecule has 0 aliphatic carbocycles. The van der Waals surface area contributed by atoms with Gasteiger partial charge in [0, 0.05) is 29.4 Å². The van der Waals surface area contributed by atoms with E-state index in [0.717, 1.165) is 12.5 Å². The minimum absolute atomic E-state index is 0.0607. The summed E-state index contributed by atoms with van der Waals surface area (Å²) in [5.41, 5.74) is -0.110. The number of aryl methyl sites for hydroxylation is 1. The molecule has 9 heteroatoms. The predicted octanol–water partition coefficient (Wildman–Crippen LogP) is 4.12. The molecule has 144 valence electrons. The highest BCUT2D eigenvalue weighted by atomic mass is 32.2. The lowest BCUT2D eigenvalue weighted by Gasteiger charge is -2.17. The van der Waals surface area contributed by atoms with Crippen molar-refractivity contribution in [3.05, 3.63) is 47.3 Å². The van der Waals surface area contributed by atoms with Crippen molar-refractivity contribution in [1.82, 2.24) is 9.97 Å². The summed E-state index contributed by atoms with van der Waals surface area (Å²) in [6, 6.07) is 6.98. The molecular formula is C18H18F3N3O2S. The van der Waals surface area contributed by atoms with Gasteiger partial charge in [0.1, 0.15) is 0 Å². The van der Waals surface area contributed by atoms with E-state index in [2.05, 4.69) is 9.97 Å². The Bertz CT molecular complexity index is 845. The van der Waals surface area contributed by atoms with E-state index in [1.54, 1.807) is 13.0 Å². The SMILES string of the molecule is Cc1cc(C(=O)O)nc(N2CC[C@H](CSc3ccccc3C(F)(F)F)C2)n1. The summed E-state index contributed by atoms with van der Waals surface area (Å²) in [6.45, 7) is 2.94. The molecule has 27 heavy (non-hydrogen) atoms. The van der Waals surface area contributed by atoms with Crippen LogP contribution in [0.2, 0.25) is 0 Å². The Kier molecular flexibility index (Phi) is 5.59. The normalized spacial score (nSPS) is 17.3. The molecule has 1 aromatic heterocycles. The highest BCUT2D eigenvalue weighted by molar-refractivity contribution is 7.99. The van der Waals surface area contributed by atoms with Gasteiger partial charge in [0.05, 0.1) is 5.56 Å². The van der Waals surface area contributed by atoms with Crippen LogP contribution in [0.5, 0.6) is 0 Å². The van der Waals surface area contributed by atoms with Gasteiger partial charge in [0.25, 0.3) is 0 Å². The van der Waals surface area contributed by atoms with Gasteiger partial charge in [-0.15, -0.1) is 11.8 Å². The second-order valence-electron chi connectivity index (χ2n) is 6.41. The topological polar surface area (TPSA) is 66.3 Å². The summed E-state index contributed by atoms with van der Waals surface area (Å²) >= 11 is 1.20. The number of carboxylic acid groups (broad SMARTS) is 1. The first-order valence-electron chi connectivity index (χ1n) is 8.37. The van der Waals surface area contributed by atoms with E-state index in [0.29, 0.717) is 30.5 Å². The molecule has 1 N–H and O–H groups in total. The average Bonchev–Trinajstić information content (AvgIpc) is 3.08. The second kappa shape index (κ2) is 7.75. The Labute approximate surface area is 158 Å². The first-order chi connectivity index (χ1) is 12.7. The monoisotopic (exact) mass is 397 g/mol. The summed E-state index contributed by atoms with van der Waals surface area (Å²) < 4.78 is 39.3. The molecule has 1 saturated heterocycles. The third kappa shape index (κ3) is 4.71. The smallest absolute Gasteiger partial charge is 0.417 e. The van der Waals surface area contributed by atoms with Crippen molar-refractivity contribution >= 4 is 23.7 Å². The summed E-state index contributed by atoms with van der Waals surface area (Å²) in [5.74, 6) is -0.0395. The molecule has 5 nitrogen and oxygen atoms in total. The fourth-order valence-corrected chi connectivity index (χ4v) is 4.19. The molecule has 3 rings (SSSR count). The Hall–Kier alpha value is -2.29. The van der Waals surface area contributed by atoms with Crippen molar-refractivity contribution in [2.75, 3.05) is 23.7 Å². The molecule has 1 fully saturated rings. The van der Waals surface area contributed by atoms with Crippen LogP contribution in [-0.4, -0.2) is 39.9 Å². The number of aromatic nitrogens is 2. The number of hydrogen-bond donors (Lipinski definition) is 1. The standard InChI is InChI=1S/C18H18F3N3O2S/c1-11-8-14(16(25)26)23-17(22-11)24-7-6-12(9-24)10-27-15-5-3-2-4-13(15)18(19,20)21/h2-5,8,12H,6-7,9-10H2,1H3,(H,25,26)/t12-/m0/s1. The fourth-order valence-electron chi connectivity index (χ4n) is 2.99. The minimum atomic E-state index is -4.37. The van der Waals surface area contributed by atoms with Gasteiger partial charge >= 0.3 is 12.1 Å². The van der Waals surface area contributed by atoms with E-state index in [1.165, 1.54) is 30.0 Å². The van der Waals surface area contributed by atoms with Gasteiger partial charge in [0.2, 0.25) is 5.95 Å². The maximum Gasteiger partial charge on any atom is 0.417 e. The minimum Gasteiger partial charge on any atom is -0.477 e. The highest BCUT2D eigenvalue weighted by Crippen LogP contribution is 2.38. The average molecular weight is 397 g/mol. The van der Waals surface area contributed by atoms with Crippen LogP contribution >= 0.6 is 11.8 Å². The van der Waals surface area contributed by atoms with Gasteiger partial charge in [-0.05, 0) is 37.5 Å². The first-order valence-corrected chi connectivity index (χ1v) is 9.35. The van der Waals surface area contributed by atoms with Crippen molar-refractivity contribution < 1.29 is 23.1 Å². The maximum absolute atomic E-state index is 13.1. The zero-order valence-corrected chi connectivity index (χ0v) is 15.3. The van der Waals surface area contributed by atoms with E-state index >= 15 is 0 Å². The Morgan fingerprint density at radius 1 is 1.33 bits per heavy atom. The van der Waals surface area contributed by atoms with Gasteiger partial charge in [0.15, 0.2) is 5.69 Å². The number of carboxylic acids is 1. The molecule has 1 atom stereocenters. The predicted molar refractivity (Wildman–Crippen MR) is 96.2 cm³/mol. The second-order valence-corrected chi connectivity index (χ2v) is 7.47. The van der Waals surface area contributed by atoms with E-state index in [1.807, 2.05) is 4.90 Å². The van der Waals surface area contributed by atoms with Crippen LogP contribution in [0, 0.1) is 12.8 Å². The molecule has 0 amide bonds. The van der Waals surface area contributed by atoms with Crippen molar-refractivity contribution in [3.63, 3.8) is 0 Å². The van der Waals surface area contributed by atoms with Crippen LogP contribution in [0.15, 0.2) is 35.2 Å². The van der Waals surface area contributed by atoms with Gasteiger partial charge < -0.3 is 10.0 Å². The van der Waals surface area contributed by atoms with E-state index < -0.39 is 17.7 Å². The van der Waals surface area contributed by atoms with Crippen LogP contribution in [0.4, 0.5) is 19.1 Å². The van der Waals surface area contributed by atoms with E-state index in [-0.39, 0.29) is 16.5 Å². The number of halogens is 3. The van der Waals surface area contributed by atoms with Crippen molar-refractivity contribution in [3.8, 4) is 0 Å². The molecule has 0 bridgehead atoms. The quantitative estimate of drug-likeness (QED) is 0.766. The maximum atomic E-state index is 13.1. The largest absolute Gasteiger partial charge is 0.477 e. The molecule has 0 saturated carbocycles. The zero-order valence-electron chi connectivity index (χ0n) is 14.5. The Morgan fingerprint density at radius 2 is 2.07 bits per heavy atom. The Balaban J connectivity index is 1.66. The first kappa shape index (κ1) is 19.5. The molecule has 0 spiro atoms. The van der Waals surface area contributed by atoms with Crippen LogP contribution in [0.1, 0.15) is 28.2 Å². The number of nitrogens with zero attached hydrogens (tertiary/aromatic N) is 3. The van der Waals surface area contributed by atoms with E-state index in [4.69, 9.17) is 5.11 Å². The molecule has 0 unspecified atom stereocenters. The summed E-state index contributed by atoms with van der Waals surface area (Å²) in [6.07, 6.45) is -3.57. The van der Waals surface area contributed by atoms with Crippen LogP contribution in [-0.2, 0) is 6.18 Å². The number of carbonyl (C=O) groups is 1. The molecule has 2 aromatic rings. The van der Waals surface area contributed by atoms with Gasteiger partial charge in [-0.2, -0.15) is 13.2 Å². The third-order valence-electron chi connectivity index (χ3n) is 4.30. The number of alkyl halides is 3. The van der Waals surface area contributed by atoms with Gasteiger partial charge in [-0.1, -0.05) is 12.1 Å². The van der Waals surface area contributed by atoms with E-state index in [9.17, 15) is 18.0 Å². The van der Waals surface area contributed by atoms with Crippen molar-refractivity contribution in [2.24, 2.45) is 5.92 Å². The lowest BCUT2D eigenvalue weighted by molar-refractivity contribution is -0.139. The highest BCUT2D eigenvalue weighted by Gasteiger charge is 2.33. The number of benzene rings is 1. The Morgan fingerprint density at radius 3 is 2.78 bits per heavy atom. The molecule has 1 aliphatic rings. The summed E-state index contributed by atoms with van der Waals surface area (Å²) in [5, 5.41) is 9.13. The molecule has 2 heterocycles. The number of anilines is 1. The van der Waals surface area contributed by atoms with Gasteiger partial charge in [-0.3, -0.25) is 0 Å². The van der Waals surface area contributed by atoms with Gasteiger partial charge in [-0.25, -0.2) is 14.8 Å². The lowest BCUT2D eigenvalue weighted by atomic mass is 10.2. The number of aromatic carboxylic acids is 1. The zero-order chi connectivity index (χ0) is 19.6. The number of thioether (sulfide) groups is 1. The molecule has 0 radical (unpaired) electrons. The molecular weight excluding hydrogens is 379 g/mol. The third-order valence-corrected chi connectivity index (χ3v) is 5.60. The van der Waals surface area contributed by atoms with Crippen LogP contribution < -0.4 is 4.90 Å². The van der Waals surface area contributed by atoms with Crippen LogP contribution in [0.3, 0.4) is 0 Å². The number of rotatable bonds is 5. The van der Waals surface area contributed by atoms with Crippen molar-refractivity contribution in [1.29, 1.82) is 0 Å². The molecule has 1 aliphatic heterocycles.